The van der Waals surface area contributed by atoms with E-state index in [1.165, 1.54) is 0 Å². The number of hydrogen-bond donors (Lipinski definition) is 2. The zero-order valence-electron chi connectivity index (χ0n) is 18.4. The van der Waals surface area contributed by atoms with Gasteiger partial charge in [0, 0.05) is 24.3 Å². The molecule has 2 amide bonds. The maximum atomic E-state index is 12.7. The number of thiocarbonyl (C=S) groups is 1. The molecule has 170 valence electrons. The Balaban J connectivity index is 1.55. The quantitative estimate of drug-likeness (QED) is 0.620. The number of hydrogen-bond acceptors (Lipinski definition) is 5. The van der Waals surface area contributed by atoms with Gasteiger partial charge in [-0.25, -0.2) is 0 Å². The van der Waals surface area contributed by atoms with Gasteiger partial charge in [0.2, 0.25) is 0 Å². The van der Waals surface area contributed by atoms with Crippen LogP contribution in [0.2, 0.25) is 0 Å². The van der Waals surface area contributed by atoms with Gasteiger partial charge in [0.15, 0.2) is 5.11 Å². The van der Waals surface area contributed by atoms with Gasteiger partial charge < -0.3 is 19.7 Å². The van der Waals surface area contributed by atoms with E-state index >= 15 is 0 Å². The van der Waals surface area contributed by atoms with Crippen molar-refractivity contribution < 1.29 is 19.1 Å². The van der Waals surface area contributed by atoms with Crippen LogP contribution in [-0.2, 0) is 4.74 Å². The van der Waals surface area contributed by atoms with E-state index in [4.69, 9.17) is 21.7 Å². The van der Waals surface area contributed by atoms with Gasteiger partial charge in [0.25, 0.3) is 11.8 Å². The second-order valence-electron chi connectivity index (χ2n) is 7.92. The first-order valence-corrected chi connectivity index (χ1v) is 11.2. The molecule has 1 fully saturated rings. The van der Waals surface area contributed by atoms with Gasteiger partial charge in [-0.2, -0.15) is 0 Å². The summed E-state index contributed by atoms with van der Waals surface area (Å²) >= 11 is 5.29. The van der Waals surface area contributed by atoms with Crippen molar-refractivity contribution in [2.45, 2.75) is 20.3 Å². The molecular formula is C24H29N3O4S. The molecule has 2 aromatic carbocycles. The van der Waals surface area contributed by atoms with Gasteiger partial charge in [0.05, 0.1) is 25.4 Å². The maximum Gasteiger partial charge on any atom is 0.261 e. The first kappa shape index (κ1) is 23.7. The fourth-order valence-electron chi connectivity index (χ4n) is 3.16. The lowest BCUT2D eigenvalue weighted by Crippen LogP contribution is -2.40. The third-order valence-electron chi connectivity index (χ3n) is 5.00. The summed E-state index contributed by atoms with van der Waals surface area (Å²) in [5.74, 6) is 0.675. The van der Waals surface area contributed by atoms with E-state index in [0.717, 1.165) is 6.42 Å². The molecule has 0 saturated carbocycles. The Morgan fingerprint density at radius 1 is 1.09 bits per heavy atom. The maximum absolute atomic E-state index is 12.7. The average Bonchev–Trinajstić information content (AvgIpc) is 2.79. The minimum Gasteiger partial charge on any atom is -0.493 e. The first-order chi connectivity index (χ1) is 15.4. The highest BCUT2D eigenvalue weighted by atomic mass is 32.1. The number of ether oxygens (including phenoxy) is 2. The Labute approximate surface area is 194 Å². The predicted molar refractivity (Wildman–Crippen MR) is 128 cm³/mol. The molecule has 8 heteroatoms. The molecule has 0 unspecified atom stereocenters. The van der Waals surface area contributed by atoms with Crippen LogP contribution in [0.3, 0.4) is 0 Å². The van der Waals surface area contributed by atoms with E-state index in [0.29, 0.717) is 61.4 Å². The third-order valence-corrected chi connectivity index (χ3v) is 5.20. The van der Waals surface area contributed by atoms with Gasteiger partial charge in [0.1, 0.15) is 5.75 Å². The van der Waals surface area contributed by atoms with Crippen LogP contribution in [0, 0.1) is 5.92 Å². The van der Waals surface area contributed by atoms with E-state index in [1.54, 1.807) is 47.4 Å². The van der Waals surface area contributed by atoms with Crippen molar-refractivity contribution in [2.24, 2.45) is 5.92 Å². The van der Waals surface area contributed by atoms with E-state index < -0.39 is 0 Å². The van der Waals surface area contributed by atoms with Crippen molar-refractivity contribution in [2.75, 3.05) is 38.2 Å². The molecule has 0 bridgehead atoms. The van der Waals surface area contributed by atoms with Crippen LogP contribution in [-0.4, -0.2) is 54.7 Å². The molecule has 7 nitrogen and oxygen atoms in total. The fourth-order valence-corrected chi connectivity index (χ4v) is 3.37. The summed E-state index contributed by atoms with van der Waals surface area (Å²) in [6, 6.07) is 14.1. The number of rotatable bonds is 7. The number of benzene rings is 2. The number of nitrogens with zero attached hydrogens (tertiary/aromatic N) is 1. The Kier molecular flexibility index (Phi) is 8.58. The van der Waals surface area contributed by atoms with Gasteiger partial charge in [-0.15, -0.1) is 0 Å². The minimum atomic E-state index is -0.346. The molecule has 1 saturated heterocycles. The van der Waals surface area contributed by atoms with Crippen molar-refractivity contribution in [1.82, 2.24) is 10.2 Å². The Morgan fingerprint density at radius 3 is 2.47 bits per heavy atom. The second kappa shape index (κ2) is 11.6. The Bertz CT molecular complexity index is 941. The molecule has 0 aliphatic carbocycles. The molecule has 0 aromatic heterocycles. The van der Waals surface area contributed by atoms with E-state index in [-0.39, 0.29) is 16.9 Å². The largest absolute Gasteiger partial charge is 0.493 e. The summed E-state index contributed by atoms with van der Waals surface area (Å²) in [5, 5.41) is 5.83. The molecule has 2 N–H and O–H groups in total. The van der Waals surface area contributed by atoms with Crippen molar-refractivity contribution in [1.29, 1.82) is 0 Å². The van der Waals surface area contributed by atoms with Crippen molar-refractivity contribution in [3.8, 4) is 5.75 Å². The standard InChI is InChI=1S/C24H29N3O4S/c1-17(2)11-14-31-21-6-4-3-5-20(21)22(28)26-24(32)25-19-9-7-18(8-10-19)23(29)27-12-15-30-16-13-27/h3-10,17H,11-16H2,1-2H3,(H2,25,26,28,32). The predicted octanol–water partition coefficient (Wildman–Crippen LogP) is 3.71. The van der Waals surface area contributed by atoms with Crippen LogP contribution in [0.4, 0.5) is 5.69 Å². The number of para-hydroxylation sites is 1. The van der Waals surface area contributed by atoms with Crippen molar-refractivity contribution >= 4 is 34.8 Å². The van der Waals surface area contributed by atoms with Gasteiger partial charge in [-0.1, -0.05) is 26.0 Å². The average molecular weight is 456 g/mol. The molecule has 0 radical (unpaired) electrons. The molecule has 3 rings (SSSR count). The number of carbonyl (C=O) groups excluding carboxylic acids is 2. The van der Waals surface area contributed by atoms with E-state index in [2.05, 4.69) is 24.5 Å². The lowest BCUT2D eigenvalue weighted by atomic mass is 10.1. The number of anilines is 1. The van der Waals surface area contributed by atoms with E-state index in [1.807, 2.05) is 6.07 Å². The van der Waals surface area contributed by atoms with Gasteiger partial charge >= 0.3 is 0 Å². The minimum absolute atomic E-state index is 0.0233. The zero-order valence-corrected chi connectivity index (χ0v) is 19.2. The van der Waals surface area contributed by atoms with Crippen LogP contribution in [0.15, 0.2) is 48.5 Å². The Hall–Kier alpha value is -2.97. The number of nitrogens with one attached hydrogen (secondary N) is 2. The molecule has 1 aliphatic heterocycles. The highest BCUT2D eigenvalue weighted by molar-refractivity contribution is 7.80. The third kappa shape index (κ3) is 6.77. The van der Waals surface area contributed by atoms with Crippen LogP contribution in [0.1, 0.15) is 41.0 Å². The summed E-state index contributed by atoms with van der Waals surface area (Å²) < 4.78 is 11.1. The lowest BCUT2D eigenvalue weighted by molar-refractivity contribution is 0.0303. The van der Waals surface area contributed by atoms with Crippen LogP contribution < -0.4 is 15.4 Å². The number of morpholine rings is 1. The van der Waals surface area contributed by atoms with Crippen LogP contribution in [0.5, 0.6) is 5.75 Å². The lowest BCUT2D eigenvalue weighted by Gasteiger charge is -2.26. The highest BCUT2D eigenvalue weighted by Crippen LogP contribution is 2.19. The van der Waals surface area contributed by atoms with Gasteiger partial charge in [-0.05, 0) is 61.0 Å². The van der Waals surface area contributed by atoms with Crippen molar-refractivity contribution in [3.63, 3.8) is 0 Å². The monoisotopic (exact) mass is 455 g/mol. The highest BCUT2D eigenvalue weighted by Gasteiger charge is 2.18. The second-order valence-corrected chi connectivity index (χ2v) is 8.33. The zero-order chi connectivity index (χ0) is 22.9. The summed E-state index contributed by atoms with van der Waals surface area (Å²) in [6.07, 6.45) is 0.903. The first-order valence-electron chi connectivity index (χ1n) is 10.8. The summed E-state index contributed by atoms with van der Waals surface area (Å²) in [6.45, 7) is 7.10. The SMILES string of the molecule is CC(C)CCOc1ccccc1C(=O)NC(=S)Nc1ccc(C(=O)N2CCOCC2)cc1. The molecular weight excluding hydrogens is 426 g/mol. The van der Waals surface area contributed by atoms with E-state index in [9.17, 15) is 9.59 Å². The molecule has 2 aromatic rings. The van der Waals surface area contributed by atoms with Crippen LogP contribution >= 0.6 is 12.2 Å². The molecule has 0 atom stereocenters. The summed E-state index contributed by atoms with van der Waals surface area (Å²) in [7, 11) is 0. The number of carbonyl (C=O) groups is 2. The molecule has 0 spiro atoms. The van der Waals surface area contributed by atoms with Crippen molar-refractivity contribution in [3.05, 3.63) is 59.7 Å². The summed E-state index contributed by atoms with van der Waals surface area (Å²) in [5.41, 5.74) is 1.70. The topological polar surface area (TPSA) is 79.9 Å². The number of amides is 2. The fraction of sp³-hybridized carbons (Fsp3) is 0.375. The summed E-state index contributed by atoms with van der Waals surface area (Å²) in [4.78, 5) is 27.0. The Morgan fingerprint density at radius 2 is 1.78 bits per heavy atom. The molecule has 32 heavy (non-hydrogen) atoms. The normalized spacial score (nSPS) is 13.5. The van der Waals surface area contributed by atoms with Gasteiger partial charge in [-0.3, -0.25) is 14.9 Å². The van der Waals surface area contributed by atoms with Crippen LogP contribution in [0.25, 0.3) is 0 Å². The molecule has 1 heterocycles. The smallest absolute Gasteiger partial charge is 0.261 e. The molecule has 1 aliphatic rings.